The number of carbonyl (C=O) groups excluding carboxylic acids is 1. The van der Waals surface area contributed by atoms with Gasteiger partial charge in [0.25, 0.3) is 5.91 Å². The Morgan fingerprint density at radius 3 is 2.48 bits per heavy atom. The van der Waals surface area contributed by atoms with Gasteiger partial charge in [-0.25, -0.2) is 4.79 Å². The van der Waals surface area contributed by atoms with Gasteiger partial charge in [0.15, 0.2) is 6.61 Å². The molecule has 0 bridgehead atoms. The average Bonchev–Trinajstić information content (AvgIpc) is 2.52. The second-order valence-corrected chi connectivity index (χ2v) is 6.36. The summed E-state index contributed by atoms with van der Waals surface area (Å²) in [5, 5.41) is 8.76. The summed E-state index contributed by atoms with van der Waals surface area (Å²) >= 11 is 0. The first-order valence-corrected chi connectivity index (χ1v) is 8.21. The van der Waals surface area contributed by atoms with E-state index in [0.29, 0.717) is 31.0 Å². The highest BCUT2D eigenvalue weighted by atomic mass is 16.5. The standard InChI is InChI=1S/C18H25NO6/c1-11-5-14(6-12(2)17(11)24-10-16(20)21)18(22)19-7-13(3)25-15(8-19)9-23-4/h5-6,13,15H,7-10H2,1-4H3,(H,20,21). The van der Waals surface area contributed by atoms with Gasteiger partial charge in [0.05, 0.1) is 18.8 Å². The number of rotatable bonds is 6. The number of carboxylic acids is 1. The first-order valence-electron chi connectivity index (χ1n) is 8.21. The topological polar surface area (TPSA) is 85.3 Å². The van der Waals surface area contributed by atoms with Crippen LogP contribution >= 0.6 is 0 Å². The molecule has 2 unspecified atom stereocenters. The Kier molecular flexibility index (Phi) is 6.39. The summed E-state index contributed by atoms with van der Waals surface area (Å²) in [6.07, 6.45) is -0.198. The zero-order chi connectivity index (χ0) is 18.6. The number of carbonyl (C=O) groups is 2. The summed E-state index contributed by atoms with van der Waals surface area (Å²) < 4.78 is 16.2. The molecule has 0 spiro atoms. The van der Waals surface area contributed by atoms with Crippen LogP contribution in [-0.4, -0.2) is 67.5 Å². The van der Waals surface area contributed by atoms with Crippen molar-refractivity contribution in [3.05, 3.63) is 28.8 Å². The molecule has 1 amide bonds. The van der Waals surface area contributed by atoms with Crippen molar-refractivity contribution in [2.45, 2.75) is 33.0 Å². The quantitative estimate of drug-likeness (QED) is 0.839. The Labute approximate surface area is 147 Å². The third kappa shape index (κ3) is 4.93. The lowest BCUT2D eigenvalue weighted by atomic mass is 10.0. The fourth-order valence-corrected chi connectivity index (χ4v) is 3.11. The van der Waals surface area contributed by atoms with Crippen molar-refractivity contribution in [3.63, 3.8) is 0 Å². The van der Waals surface area contributed by atoms with Gasteiger partial charge in [0.1, 0.15) is 5.75 Å². The Hall–Kier alpha value is -2.12. The van der Waals surface area contributed by atoms with Crippen LogP contribution in [0.4, 0.5) is 0 Å². The van der Waals surface area contributed by atoms with E-state index in [1.54, 1.807) is 38.0 Å². The summed E-state index contributed by atoms with van der Waals surface area (Å²) in [7, 11) is 1.61. The average molecular weight is 351 g/mol. The van der Waals surface area contributed by atoms with Crippen LogP contribution in [0.5, 0.6) is 5.75 Å². The minimum Gasteiger partial charge on any atom is -0.481 e. The minimum absolute atomic E-state index is 0.0572. The number of aliphatic carboxylic acids is 1. The van der Waals surface area contributed by atoms with Crippen LogP contribution in [0, 0.1) is 13.8 Å². The van der Waals surface area contributed by atoms with E-state index in [4.69, 9.17) is 19.3 Å². The van der Waals surface area contributed by atoms with E-state index in [1.807, 2.05) is 6.92 Å². The molecule has 0 aromatic heterocycles. The van der Waals surface area contributed by atoms with Crippen LogP contribution < -0.4 is 4.74 Å². The smallest absolute Gasteiger partial charge is 0.341 e. The van der Waals surface area contributed by atoms with E-state index in [9.17, 15) is 9.59 Å². The molecule has 2 rings (SSSR count). The van der Waals surface area contributed by atoms with Gasteiger partial charge in [0.2, 0.25) is 0 Å². The molecule has 138 valence electrons. The number of methoxy groups -OCH3 is 1. The van der Waals surface area contributed by atoms with Gasteiger partial charge >= 0.3 is 5.97 Å². The Balaban J connectivity index is 2.17. The van der Waals surface area contributed by atoms with E-state index >= 15 is 0 Å². The molecule has 1 aliphatic heterocycles. The van der Waals surface area contributed by atoms with Crippen LogP contribution in [0.3, 0.4) is 0 Å². The highest BCUT2D eigenvalue weighted by Gasteiger charge is 2.29. The normalized spacial score (nSPS) is 20.4. The molecular weight excluding hydrogens is 326 g/mol. The van der Waals surface area contributed by atoms with Crippen molar-refractivity contribution in [3.8, 4) is 5.75 Å². The molecule has 1 aliphatic rings. The molecular formula is C18H25NO6. The molecule has 1 heterocycles. The summed E-state index contributed by atoms with van der Waals surface area (Å²) in [4.78, 5) is 25.3. The number of carboxylic acid groups (broad SMARTS) is 1. The summed E-state index contributed by atoms with van der Waals surface area (Å²) in [6, 6.07) is 3.47. The van der Waals surface area contributed by atoms with E-state index < -0.39 is 12.6 Å². The lowest BCUT2D eigenvalue weighted by molar-refractivity contribution is -0.139. The molecule has 7 heteroatoms. The molecule has 2 atom stereocenters. The van der Waals surface area contributed by atoms with Gasteiger partial charge in [-0.05, 0) is 44.0 Å². The van der Waals surface area contributed by atoms with Crippen LogP contribution in [0.15, 0.2) is 12.1 Å². The number of hydrogen-bond acceptors (Lipinski definition) is 5. The van der Waals surface area contributed by atoms with E-state index in [2.05, 4.69) is 0 Å². The maximum Gasteiger partial charge on any atom is 0.341 e. The third-order valence-corrected chi connectivity index (χ3v) is 4.01. The van der Waals surface area contributed by atoms with Crippen molar-refractivity contribution in [1.82, 2.24) is 4.90 Å². The highest BCUT2D eigenvalue weighted by molar-refractivity contribution is 5.95. The first kappa shape index (κ1) is 19.2. The van der Waals surface area contributed by atoms with Crippen LogP contribution in [-0.2, 0) is 14.3 Å². The van der Waals surface area contributed by atoms with Crippen LogP contribution in [0.1, 0.15) is 28.4 Å². The second kappa shape index (κ2) is 8.31. The van der Waals surface area contributed by atoms with Crippen molar-refractivity contribution >= 4 is 11.9 Å². The number of morpholine rings is 1. The Morgan fingerprint density at radius 1 is 1.28 bits per heavy atom. The van der Waals surface area contributed by atoms with Gasteiger partial charge in [-0.2, -0.15) is 0 Å². The zero-order valence-corrected chi connectivity index (χ0v) is 15.1. The maximum absolute atomic E-state index is 12.9. The predicted molar refractivity (Wildman–Crippen MR) is 91.2 cm³/mol. The summed E-state index contributed by atoms with van der Waals surface area (Å²) in [5.74, 6) is -0.607. The second-order valence-electron chi connectivity index (χ2n) is 6.36. The number of ether oxygens (including phenoxy) is 3. The summed E-state index contributed by atoms with van der Waals surface area (Å²) in [5.41, 5.74) is 2.03. The molecule has 1 saturated heterocycles. The van der Waals surface area contributed by atoms with Crippen molar-refractivity contribution < 1.29 is 28.9 Å². The third-order valence-electron chi connectivity index (χ3n) is 4.01. The van der Waals surface area contributed by atoms with E-state index in [-0.39, 0.29) is 18.1 Å². The van der Waals surface area contributed by atoms with Gasteiger partial charge in [-0.15, -0.1) is 0 Å². The fourth-order valence-electron chi connectivity index (χ4n) is 3.11. The van der Waals surface area contributed by atoms with E-state index in [1.165, 1.54) is 0 Å². The van der Waals surface area contributed by atoms with Gasteiger partial charge in [-0.3, -0.25) is 4.79 Å². The Bertz CT molecular complexity index is 621. The van der Waals surface area contributed by atoms with Gasteiger partial charge in [-0.1, -0.05) is 0 Å². The number of aryl methyl sites for hydroxylation is 2. The SMILES string of the molecule is COCC1CN(C(=O)c2cc(C)c(OCC(=O)O)c(C)c2)CC(C)O1. The van der Waals surface area contributed by atoms with Crippen LogP contribution in [0.25, 0.3) is 0 Å². The van der Waals surface area contributed by atoms with Crippen molar-refractivity contribution in [1.29, 1.82) is 0 Å². The molecule has 0 saturated carbocycles. The van der Waals surface area contributed by atoms with Gasteiger partial charge < -0.3 is 24.2 Å². The predicted octanol–water partition coefficient (Wildman–Crippen LogP) is 1.64. The number of nitrogens with zero attached hydrogens (tertiary/aromatic N) is 1. The first-order chi connectivity index (χ1) is 11.8. The lowest BCUT2D eigenvalue weighted by Crippen LogP contribution is -2.50. The van der Waals surface area contributed by atoms with Crippen LogP contribution in [0.2, 0.25) is 0 Å². The molecule has 7 nitrogen and oxygen atoms in total. The molecule has 0 aliphatic carbocycles. The van der Waals surface area contributed by atoms with E-state index in [0.717, 1.165) is 11.1 Å². The molecule has 25 heavy (non-hydrogen) atoms. The van der Waals surface area contributed by atoms with Gasteiger partial charge in [0, 0.05) is 25.8 Å². The van der Waals surface area contributed by atoms with Crippen molar-refractivity contribution in [2.75, 3.05) is 33.4 Å². The monoisotopic (exact) mass is 351 g/mol. The minimum atomic E-state index is -1.04. The maximum atomic E-state index is 12.9. The number of amides is 1. The number of benzene rings is 1. The molecule has 0 radical (unpaired) electrons. The largest absolute Gasteiger partial charge is 0.481 e. The molecule has 1 N–H and O–H groups in total. The van der Waals surface area contributed by atoms with Crippen molar-refractivity contribution in [2.24, 2.45) is 0 Å². The molecule has 1 aromatic rings. The fraction of sp³-hybridized carbons (Fsp3) is 0.556. The molecule has 1 aromatic carbocycles. The lowest BCUT2D eigenvalue weighted by Gasteiger charge is -2.36. The Morgan fingerprint density at radius 2 is 1.92 bits per heavy atom. The zero-order valence-electron chi connectivity index (χ0n) is 15.1. The summed E-state index contributed by atoms with van der Waals surface area (Å²) in [6.45, 7) is 6.57. The molecule has 1 fully saturated rings. The number of hydrogen-bond donors (Lipinski definition) is 1. The highest BCUT2D eigenvalue weighted by Crippen LogP contribution is 2.26.